The lowest BCUT2D eigenvalue weighted by atomic mass is 9.96. The molecule has 0 amide bonds. The second-order valence-corrected chi connectivity index (χ2v) is 12.7. The van der Waals surface area contributed by atoms with E-state index in [-0.39, 0.29) is 6.10 Å². The largest absolute Gasteiger partial charge is 1.10 e. The highest BCUT2D eigenvalue weighted by Crippen LogP contribution is 2.37. The molecule has 5 aromatic carbocycles. The van der Waals surface area contributed by atoms with Crippen molar-refractivity contribution < 1.29 is 11.4 Å². The van der Waals surface area contributed by atoms with Crippen molar-refractivity contribution in [1.29, 1.82) is 0 Å². The van der Waals surface area contributed by atoms with Gasteiger partial charge < -0.3 is 11.4 Å². The van der Waals surface area contributed by atoms with Crippen molar-refractivity contribution in [3.8, 4) is 11.5 Å². The third kappa shape index (κ3) is 4.65. The standard InChI is InChI=1S/C13H10NO.2C13H9NO.Al/c3*15-12-7-3-6-11-10-5-2-1-4-9(10)8-14-13(11)12;/h1-6,8,12H,7H2;2*1-8,15H;/q-1;;;+3/p-2. The third-order valence-electron chi connectivity index (χ3n) is 8.70. The number of fused-ring (bicyclic) bond motifs is 9. The zero-order valence-corrected chi connectivity index (χ0v) is 25.9. The summed E-state index contributed by atoms with van der Waals surface area (Å²) in [5.41, 5.74) is 3.48. The number of benzene rings is 5. The second kappa shape index (κ2) is 11.2. The van der Waals surface area contributed by atoms with Crippen molar-refractivity contribution in [3.05, 3.63) is 145 Å². The van der Waals surface area contributed by atoms with Crippen molar-refractivity contribution in [1.82, 2.24) is 15.0 Å². The minimum absolute atomic E-state index is 0.339. The first kappa shape index (κ1) is 27.0. The van der Waals surface area contributed by atoms with Gasteiger partial charge in [-0.05, 0) is 34.7 Å². The molecule has 0 radical (unpaired) electrons. The lowest BCUT2D eigenvalue weighted by molar-refractivity contribution is 0.128. The number of aromatic nitrogens is 3. The van der Waals surface area contributed by atoms with Gasteiger partial charge in [0.2, 0.25) is 0 Å². The molecule has 9 rings (SSSR count). The van der Waals surface area contributed by atoms with Crippen LogP contribution in [0.2, 0.25) is 0 Å². The predicted octanol–water partition coefficient (Wildman–Crippen LogP) is 9.26. The predicted molar refractivity (Wildman–Crippen MR) is 185 cm³/mol. The van der Waals surface area contributed by atoms with Crippen molar-refractivity contribution in [2.24, 2.45) is 0 Å². The molecule has 0 saturated heterocycles. The van der Waals surface area contributed by atoms with Crippen molar-refractivity contribution in [3.63, 3.8) is 0 Å². The molecule has 1 aliphatic rings. The van der Waals surface area contributed by atoms with Gasteiger partial charge in [-0.3, -0.25) is 15.0 Å². The maximum atomic E-state index is 6.87. The molecule has 0 aliphatic heterocycles. The van der Waals surface area contributed by atoms with E-state index in [0.29, 0.717) is 17.9 Å². The van der Waals surface area contributed by atoms with E-state index < -0.39 is 15.1 Å². The van der Waals surface area contributed by atoms with E-state index in [1.165, 1.54) is 0 Å². The van der Waals surface area contributed by atoms with Crippen LogP contribution in [0.3, 0.4) is 0 Å². The highest BCUT2D eigenvalue weighted by molar-refractivity contribution is 6.39. The van der Waals surface area contributed by atoms with Gasteiger partial charge in [0, 0.05) is 51.1 Å². The van der Waals surface area contributed by atoms with Crippen LogP contribution in [0.15, 0.2) is 134 Å². The van der Waals surface area contributed by atoms with Gasteiger partial charge in [-0.2, -0.15) is 0 Å². The molecular weight excluding hydrogens is 585 g/mol. The normalized spacial score (nSPS) is 14.2. The van der Waals surface area contributed by atoms with Crippen molar-refractivity contribution >= 4 is 75.3 Å². The maximum absolute atomic E-state index is 6.87. The van der Waals surface area contributed by atoms with Gasteiger partial charge in [-0.15, -0.1) is 0 Å². The Kier molecular flexibility index (Phi) is 6.60. The number of hydrogen-bond acceptors (Lipinski definition) is 6. The molecule has 1 atom stereocenters. The SMILES string of the molecule is C1=Cc2c(ncc3ccccc23)C([O][Al]([O]c2cccc3c2ncc2ccccc23)[O]c2cccc3c2ncc2ccccc23)C1. The summed E-state index contributed by atoms with van der Waals surface area (Å²) in [6, 6.07) is 36.8. The van der Waals surface area contributed by atoms with Gasteiger partial charge in [-0.25, -0.2) is 0 Å². The first-order valence-corrected chi connectivity index (χ1v) is 16.8. The van der Waals surface area contributed by atoms with Gasteiger partial charge in [0.1, 0.15) is 22.5 Å². The molecular formula is C39H26AlN3O3. The Balaban J connectivity index is 1.15. The Morgan fingerprint density at radius 2 is 1.02 bits per heavy atom. The molecule has 1 aliphatic carbocycles. The average molecular weight is 612 g/mol. The summed E-state index contributed by atoms with van der Waals surface area (Å²) in [5, 5.41) is 8.65. The van der Waals surface area contributed by atoms with Crippen LogP contribution in [-0.4, -0.2) is 30.1 Å². The molecule has 0 spiro atoms. The molecule has 7 heteroatoms. The van der Waals surface area contributed by atoms with Crippen LogP contribution in [0, 0.1) is 0 Å². The molecule has 218 valence electrons. The molecule has 0 fully saturated rings. The smallest absolute Gasteiger partial charge is 0.587 e. The summed E-state index contributed by atoms with van der Waals surface area (Å²) < 4.78 is 20.4. The third-order valence-corrected chi connectivity index (χ3v) is 10.1. The summed E-state index contributed by atoms with van der Waals surface area (Å²) in [4.78, 5) is 14.5. The van der Waals surface area contributed by atoms with Crippen LogP contribution < -0.4 is 7.58 Å². The van der Waals surface area contributed by atoms with E-state index in [0.717, 1.165) is 65.4 Å². The number of pyridine rings is 3. The van der Waals surface area contributed by atoms with Crippen molar-refractivity contribution in [2.45, 2.75) is 12.5 Å². The lowest BCUT2D eigenvalue weighted by Gasteiger charge is -2.25. The topological polar surface area (TPSA) is 66.4 Å². The summed E-state index contributed by atoms with van der Waals surface area (Å²) in [7, 11) is 0. The molecule has 1 unspecified atom stereocenters. The number of para-hydroxylation sites is 2. The Labute approximate surface area is 269 Å². The summed E-state index contributed by atoms with van der Waals surface area (Å²) >= 11 is -2.97. The Morgan fingerprint density at radius 3 is 1.63 bits per heavy atom. The van der Waals surface area contributed by atoms with E-state index in [2.05, 4.69) is 66.7 Å². The lowest BCUT2D eigenvalue weighted by Crippen LogP contribution is -2.36. The Bertz CT molecular complexity index is 2360. The van der Waals surface area contributed by atoms with Crippen LogP contribution >= 0.6 is 0 Å². The molecule has 0 N–H and O–H groups in total. The zero-order chi connectivity index (χ0) is 30.5. The highest BCUT2D eigenvalue weighted by atomic mass is 27.3. The molecule has 8 aromatic rings. The van der Waals surface area contributed by atoms with Crippen LogP contribution in [-0.2, 0) is 3.79 Å². The minimum Gasteiger partial charge on any atom is -0.587 e. The van der Waals surface area contributed by atoms with Gasteiger partial charge in [0.25, 0.3) is 0 Å². The van der Waals surface area contributed by atoms with E-state index >= 15 is 0 Å². The first-order valence-electron chi connectivity index (χ1n) is 15.4. The van der Waals surface area contributed by atoms with Gasteiger partial charge in [-0.1, -0.05) is 109 Å². The average Bonchev–Trinajstić information content (AvgIpc) is 3.11. The fraction of sp³-hybridized carbons (Fsp3) is 0.0513. The molecule has 3 heterocycles. The summed E-state index contributed by atoms with van der Waals surface area (Å²) in [5.74, 6) is 1.24. The van der Waals surface area contributed by atoms with E-state index in [9.17, 15) is 0 Å². The fourth-order valence-corrected chi connectivity index (χ4v) is 7.97. The molecule has 0 bridgehead atoms. The van der Waals surface area contributed by atoms with E-state index in [4.69, 9.17) is 26.3 Å². The number of nitrogens with zero attached hydrogens (tertiary/aromatic N) is 3. The Morgan fingerprint density at radius 1 is 0.522 bits per heavy atom. The Hall–Kier alpha value is -5.32. The van der Waals surface area contributed by atoms with Crippen LogP contribution in [0.1, 0.15) is 23.8 Å². The number of hydrogen-bond donors (Lipinski definition) is 0. The molecule has 0 saturated carbocycles. The van der Waals surface area contributed by atoms with E-state index in [1.807, 2.05) is 73.2 Å². The molecule has 6 nitrogen and oxygen atoms in total. The van der Waals surface area contributed by atoms with Gasteiger partial charge >= 0.3 is 15.1 Å². The zero-order valence-electron chi connectivity index (χ0n) is 24.7. The molecule has 46 heavy (non-hydrogen) atoms. The maximum Gasteiger partial charge on any atom is 1.10 e. The van der Waals surface area contributed by atoms with E-state index in [1.54, 1.807) is 0 Å². The van der Waals surface area contributed by atoms with Gasteiger partial charge in [0.05, 0.1) is 11.8 Å². The molecule has 3 aromatic heterocycles. The van der Waals surface area contributed by atoms with Crippen LogP contribution in [0.25, 0.3) is 60.2 Å². The summed E-state index contributed by atoms with van der Waals surface area (Å²) in [6.45, 7) is 0. The first-order chi connectivity index (χ1) is 22.8. The van der Waals surface area contributed by atoms with Gasteiger partial charge in [0.15, 0.2) is 0 Å². The monoisotopic (exact) mass is 611 g/mol. The quantitative estimate of drug-likeness (QED) is 0.138. The van der Waals surface area contributed by atoms with Crippen LogP contribution in [0.5, 0.6) is 11.5 Å². The minimum atomic E-state index is -2.97. The summed E-state index contributed by atoms with van der Waals surface area (Å²) in [6.07, 6.45) is 10.3. The van der Waals surface area contributed by atoms with Crippen molar-refractivity contribution in [2.75, 3.05) is 0 Å². The van der Waals surface area contributed by atoms with Crippen LogP contribution in [0.4, 0.5) is 0 Å². The highest BCUT2D eigenvalue weighted by Gasteiger charge is 2.44. The fourth-order valence-electron chi connectivity index (χ4n) is 6.51. The number of rotatable bonds is 6. The second-order valence-electron chi connectivity index (χ2n) is 11.4.